The maximum atomic E-state index is 5.70. The van der Waals surface area contributed by atoms with E-state index in [0.29, 0.717) is 6.61 Å². The van der Waals surface area contributed by atoms with E-state index < -0.39 is 0 Å². The van der Waals surface area contributed by atoms with E-state index in [4.69, 9.17) is 9.47 Å². The summed E-state index contributed by atoms with van der Waals surface area (Å²) in [7, 11) is 3.54. The molecule has 0 bridgehead atoms. The SMILES string of the molecule is CNCc1cccc(COc2cccc(OC)c2)n1. The Kier molecular flexibility index (Phi) is 4.75. The van der Waals surface area contributed by atoms with Crippen LogP contribution in [-0.2, 0) is 13.2 Å². The third kappa shape index (κ3) is 3.96. The number of nitrogens with one attached hydrogen (secondary N) is 1. The van der Waals surface area contributed by atoms with E-state index in [1.807, 2.05) is 49.5 Å². The second-order valence-electron chi connectivity index (χ2n) is 4.12. The predicted molar refractivity (Wildman–Crippen MR) is 74.3 cm³/mol. The average molecular weight is 258 g/mol. The van der Waals surface area contributed by atoms with E-state index in [-0.39, 0.29) is 0 Å². The van der Waals surface area contributed by atoms with Gasteiger partial charge in [-0.2, -0.15) is 0 Å². The van der Waals surface area contributed by atoms with Crippen molar-refractivity contribution < 1.29 is 9.47 Å². The zero-order valence-electron chi connectivity index (χ0n) is 11.2. The number of nitrogens with zero attached hydrogens (tertiary/aromatic N) is 1. The summed E-state index contributed by atoms with van der Waals surface area (Å²) < 4.78 is 10.9. The molecule has 0 unspecified atom stereocenters. The van der Waals surface area contributed by atoms with Crippen LogP contribution >= 0.6 is 0 Å². The largest absolute Gasteiger partial charge is 0.497 e. The number of hydrogen-bond acceptors (Lipinski definition) is 4. The summed E-state index contributed by atoms with van der Waals surface area (Å²) >= 11 is 0. The molecule has 1 aromatic heterocycles. The monoisotopic (exact) mass is 258 g/mol. The minimum atomic E-state index is 0.449. The van der Waals surface area contributed by atoms with Gasteiger partial charge in [-0.3, -0.25) is 4.98 Å². The van der Waals surface area contributed by atoms with E-state index >= 15 is 0 Å². The van der Waals surface area contributed by atoms with Crippen LogP contribution in [0.15, 0.2) is 42.5 Å². The second-order valence-corrected chi connectivity index (χ2v) is 4.12. The molecule has 0 radical (unpaired) electrons. The van der Waals surface area contributed by atoms with Crippen molar-refractivity contribution in [3.05, 3.63) is 53.9 Å². The second kappa shape index (κ2) is 6.75. The van der Waals surface area contributed by atoms with Crippen LogP contribution in [0.2, 0.25) is 0 Å². The topological polar surface area (TPSA) is 43.4 Å². The van der Waals surface area contributed by atoms with Crippen molar-refractivity contribution in [2.75, 3.05) is 14.2 Å². The minimum Gasteiger partial charge on any atom is -0.497 e. The zero-order valence-corrected chi connectivity index (χ0v) is 11.2. The van der Waals surface area contributed by atoms with E-state index in [1.165, 1.54) is 0 Å². The number of hydrogen-bond donors (Lipinski definition) is 1. The Balaban J connectivity index is 1.99. The van der Waals surface area contributed by atoms with Gasteiger partial charge >= 0.3 is 0 Å². The first-order chi connectivity index (χ1) is 9.31. The van der Waals surface area contributed by atoms with Gasteiger partial charge in [-0.25, -0.2) is 0 Å². The number of methoxy groups -OCH3 is 1. The van der Waals surface area contributed by atoms with Crippen LogP contribution in [-0.4, -0.2) is 19.1 Å². The molecule has 2 aromatic rings. The molecule has 0 saturated carbocycles. The summed E-state index contributed by atoms with van der Waals surface area (Å²) in [6.07, 6.45) is 0. The van der Waals surface area contributed by atoms with Crippen LogP contribution in [0.5, 0.6) is 11.5 Å². The summed E-state index contributed by atoms with van der Waals surface area (Å²) in [6.45, 7) is 1.21. The predicted octanol–water partition coefficient (Wildman–Crippen LogP) is 2.39. The molecule has 19 heavy (non-hydrogen) atoms. The van der Waals surface area contributed by atoms with Crippen molar-refractivity contribution >= 4 is 0 Å². The molecule has 1 N–H and O–H groups in total. The molecule has 0 spiro atoms. The van der Waals surface area contributed by atoms with Crippen molar-refractivity contribution in [3.8, 4) is 11.5 Å². The normalized spacial score (nSPS) is 10.2. The lowest BCUT2D eigenvalue weighted by molar-refractivity contribution is 0.298. The third-order valence-corrected chi connectivity index (χ3v) is 2.65. The van der Waals surface area contributed by atoms with E-state index in [2.05, 4.69) is 10.3 Å². The third-order valence-electron chi connectivity index (χ3n) is 2.65. The van der Waals surface area contributed by atoms with Gasteiger partial charge in [0.25, 0.3) is 0 Å². The molecule has 1 aromatic carbocycles. The molecule has 0 aliphatic heterocycles. The van der Waals surface area contributed by atoms with Crippen molar-refractivity contribution in [3.63, 3.8) is 0 Å². The Morgan fingerprint density at radius 2 is 1.79 bits per heavy atom. The lowest BCUT2D eigenvalue weighted by Gasteiger charge is -2.08. The van der Waals surface area contributed by atoms with Gasteiger partial charge in [0, 0.05) is 12.6 Å². The first kappa shape index (κ1) is 13.4. The Bertz CT molecular complexity index is 529. The zero-order chi connectivity index (χ0) is 13.5. The summed E-state index contributed by atoms with van der Waals surface area (Å²) in [6, 6.07) is 13.5. The molecule has 0 fully saturated rings. The minimum absolute atomic E-state index is 0.449. The maximum absolute atomic E-state index is 5.70. The van der Waals surface area contributed by atoms with Crippen molar-refractivity contribution in [2.45, 2.75) is 13.2 Å². The van der Waals surface area contributed by atoms with E-state index in [0.717, 1.165) is 29.4 Å². The molecule has 4 nitrogen and oxygen atoms in total. The fourth-order valence-corrected chi connectivity index (χ4v) is 1.74. The van der Waals surface area contributed by atoms with Gasteiger partial charge in [0.15, 0.2) is 0 Å². The van der Waals surface area contributed by atoms with Gasteiger partial charge in [0.05, 0.1) is 18.5 Å². The van der Waals surface area contributed by atoms with Crippen LogP contribution < -0.4 is 14.8 Å². The Morgan fingerprint density at radius 1 is 1.05 bits per heavy atom. The molecule has 0 aliphatic rings. The van der Waals surface area contributed by atoms with E-state index in [9.17, 15) is 0 Å². The average Bonchev–Trinajstić information content (AvgIpc) is 2.46. The van der Waals surface area contributed by atoms with Gasteiger partial charge < -0.3 is 14.8 Å². The molecule has 0 atom stereocenters. The van der Waals surface area contributed by atoms with E-state index in [1.54, 1.807) is 7.11 Å². The number of pyridine rings is 1. The molecule has 100 valence electrons. The van der Waals surface area contributed by atoms with Gasteiger partial charge in [-0.1, -0.05) is 12.1 Å². The molecule has 4 heteroatoms. The molecule has 1 heterocycles. The Labute approximate surface area is 113 Å². The van der Waals surface area contributed by atoms with Gasteiger partial charge in [-0.05, 0) is 31.3 Å². The molecule has 0 saturated heterocycles. The summed E-state index contributed by atoms with van der Waals surface area (Å²) in [5.74, 6) is 1.56. The van der Waals surface area contributed by atoms with Crippen LogP contribution in [0.25, 0.3) is 0 Å². The highest BCUT2D eigenvalue weighted by Gasteiger charge is 2.00. The first-order valence-electron chi connectivity index (χ1n) is 6.18. The summed E-state index contributed by atoms with van der Waals surface area (Å²) in [5, 5.41) is 3.08. The molecule has 0 amide bonds. The highest BCUT2D eigenvalue weighted by atomic mass is 16.5. The number of benzene rings is 1. The highest BCUT2D eigenvalue weighted by molar-refractivity contribution is 5.32. The molecular formula is C15H18N2O2. The van der Waals surface area contributed by atoms with Crippen LogP contribution in [0.4, 0.5) is 0 Å². The van der Waals surface area contributed by atoms with Crippen LogP contribution in [0.3, 0.4) is 0 Å². The lowest BCUT2D eigenvalue weighted by atomic mass is 10.3. The maximum Gasteiger partial charge on any atom is 0.130 e. The standard InChI is InChI=1S/C15H18N2O2/c1-16-10-12-5-3-6-13(17-12)11-19-15-8-4-7-14(9-15)18-2/h3-9,16H,10-11H2,1-2H3. The van der Waals surface area contributed by atoms with Crippen LogP contribution in [0.1, 0.15) is 11.4 Å². The highest BCUT2D eigenvalue weighted by Crippen LogP contribution is 2.19. The van der Waals surface area contributed by atoms with Crippen LogP contribution in [0, 0.1) is 0 Å². The lowest BCUT2D eigenvalue weighted by Crippen LogP contribution is -2.08. The smallest absolute Gasteiger partial charge is 0.130 e. The molecule has 0 aliphatic carbocycles. The Morgan fingerprint density at radius 3 is 2.58 bits per heavy atom. The van der Waals surface area contributed by atoms with Gasteiger partial charge in [-0.15, -0.1) is 0 Å². The fourth-order valence-electron chi connectivity index (χ4n) is 1.74. The number of ether oxygens (including phenoxy) is 2. The quantitative estimate of drug-likeness (QED) is 0.864. The Hall–Kier alpha value is -2.07. The van der Waals surface area contributed by atoms with Gasteiger partial charge in [0.1, 0.15) is 18.1 Å². The number of aromatic nitrogens is 1. The summed E-state index contributed by atoms with van der Waals surface area (Å²) in [4.78, 5) is 4.50. The molecule has 2 rings (SSSR count). The van der Waals surface area contributed by atoms with Crippen molar-refractivity contribution in [1.29, 1.82) is 0 Å². The summed E-state index contributed by atoms with van der Waals surface area (Å²) in [5.41, 5.74) is 1.92. The van der Waals surface area contributed by atoms with Crippen molar-refractivity contribution in [1.82, 2.24) is 10.3 Å². The fraction of sp³-hybridized carbons (Fsp3) is 0.267. The molecular weight excluding hydrogens is 240 g/mol. The number of rotatable bonds is 6. The van der Waals surface area contributed by atoms with Crippen molar-refractivity contribution in [2.24, 2.45) is 0 Å². The van der Waals surface area contributed by atoms with Gasteiger partial charge in [0.2, 0.25) is 0 Å². The first-order valence-corrected chi connectivity index (χ1v) is 6.18.